The van der Waals surface area contributed by atoms with Gasteiger partial charge in [0.2, 0.25) is 0 Å². The van der Waals surface area contributed by atoms with Crippen molar-refractivity contribution in [2.75, 3.05) is 26.8 Å². The van der Waals surface area contributed by atoms with Crippen molar-refractivity contribution in [3.8, 4) is 0 Å². The molecule has 5 heteroatoms. The molecule has 1 rings (SSSR count). The van der Waals surface area contributed by atoms with E-state index in [4.69, 9.17) is 4.74 Å². The second-order valence-electron chi connectivity index (χ2n) is 3.70. The molecule has 0 bridgehead atoms. The third-order valence-corrected chi connectivity index (χ3v) is 2.37. The van der Waals surface area contributed by atoms with Crippen LogP contribution in [0.5, 0.6) is 0 Å². The molecule has 0 radical (unpaired) electrons. The zero-order valence-electron chi connectivity index (χ0n) is 9.75. The Morgan fingerprint density at radius 2 is 2.00 bits per heavy atom. The number of aliphatic hydroxyl groups excluding tert-OH is 1. The molecule has 0 amide bonds. The molecule has 3 nitrogen and oxygen atoms in total. The van der Waals surface area contributed by atoms with Gasteiger partial charge in [-0.25, -0.2) is 8.78 Å². The first-order valence-electron chi connectivity index (χ1n) is 5.48. The quantitative estimate of drug-likeness (QED) is 0.717. The van der Waals surface area contributed by atoms with E-state index in [0.29, 0.717) is 13.2 Å². The van der Waals surface area contributed by atoms with Gasteiger partial charge in [-0.1, -0.05) is 6.07 Å². The number of nitrogens with one attached hydrogen (secondary N) is 1. The average molecular weight is 245 g/mol. The molecule has 1 aromatic rings. The van der Waals surface area contributed by atoms with Crippen LogP contribution in [0.1, 0.15) is 18.1 Å². The maximum absolute atomic E-state index is 13.3. The highest BCUT2D eigenvalue weighted by molar-refractivity contribution is 5.22. The molecule has 0 saturated heterocycles. The van der Waals surface area contributed by atoms with Crippen molar-refractivity contribution in [1.82, 2.24) is 5.32 Å². The van der Waals surface area contributed by atoms with E-state index in [1.165, 1.54) is 6.07 Å². The highest BCUT2D eigenvalue weighted by atomic mass is 19.1. The topological polar surface area (TPSA) is 41.5 Å². The molecule has 0 spiro atoms. The van der Waals surface area contributed by atoms with Gasteiger partial charge in [0.25, 0.3) is 0 Å². The summed E-state index contributed by atoms with van der Waals surface area (Å²) in [6, 6.07) is 3.53. The Bertz CT molecular complexity index is 327. The molecule has 1 aromatic carbocycles. The minimum atomic E-state index is -1.18. The van der Waals surface area contributed by atoms with E-state index in [9.17, 15) is 13.9 Å². The van der Waals surface area contributed by atoms with Crippen molar-refractivity contribution in [2.45, 2.75) is 12.5 Å². The molecule has 0 saturated carbocycles. The Labute approximate surface area is 99.4 Å². The lowest BCUT2D eigenvalue weighted by Crippen LogP contribution is -2.24. The summed E-state index contributed by atoms with van der Waals surface area (Å²) in [5, 5.41) is 12.6. The van der Waals surface area contributed by atoms with Crippen LogP contribution in [0.4, 0.5) is 8.78 Å². The molecule has 0 heterocycles. The number of methoxy groups -OCH3 is 1. The Balaban J connectivity index is 2.44. The number of rotatable bonds is 7. The lowest BCUT2D eigenvalue weighted by Gasteiger charge is -2.13. The van der Waals surface area contributed by atoms with Crippen LogP contribution in [-0.2, 0) is 4.74 Å². The standard InChI is InChI=1S/C12H17F2NO2/c1-17-7-3-6-15-8-11(16)12-9(13)4-2-5-10(12)14/h2,4-5,11,15-16H,3,6-8H2,1H3. The van der Waals surface area contributed by atoms with Crippen LogP contribution in [0.2, 0.25) is 0 Å². The van der Waals surface area contributed by atoms with E-state index in [0.717, 1.165) is 18.6 Å². The first kappa shape index (κ1) is 14.0. The molecule has 96 valence electrons. The monoisotopic (exact) mass is 245 g/mol. The van der Waals surface area contributed by atoms with E-state index in [1.807, 2.05) is 0 Å². The second kappa shape index (κ2) is 7.32. The maximum atomic E-state index is 13.3. The lowest BCUT2D eigenvalue weighted by atomic mass is 10.1. The highest BCUT2D eigenvalue weighted by Gasteiger charge is 2.16. The van der Waals surface area contributed by atoms with E-state index in [-0.39, 0.29) is 12.1 Å². The van der Waals surface area contributed by atoms with Crippen LogP contribution in [0.3, 0.4) is 0 Å². The molecule has 0 aromatic heterocycles. The SMILES string of the molecule is COCCCNCC(O)c1c(F)cccc1F. The Kier molecular flexibility index (Phi) is 6.04. The molecular weight excluding hydrogens is 228 g/mol. The number of aliphatic hydroxyl groups is 1. The minimum Gasteiger partial charge on any atom is -0.387 e. The van der Waals surface area contributed by atoms with E-state index in [1.54, 1.807) is 7.11 Å². The zero-order chi connectivity index (χ0) is 12.7. The molecule has 1 unspecified atom stereocenters. The van der Waals surface area contributed by atoms with Gasteiger partial charge in [0.05, 0.1) is 11.7 Å². The van der Waals surface area contributed by atoms with Crippen molar-refractivity contribution in [3.05, 3.63) is 35.4 Å². The molecule has 0 aliphatic carbocycles. The van der Waals surface area contributed by atoms with Crippen LogP contribution < -0.4 is 5.32 Å². The summed E-state index contributed by atoms with van der Waals surface area (Å²) < 4.78 is 31.4. The van der Waals surface area contributed by atoms with E-state index < -0.39 is 17.7 Å². The third-order valence-electron chi connectivity index (χ3n) is 2.37. The molecule has 1 atom stereocenters. The largest absolute Gasteiger partial charge is 0.387 e. The van der Waals surface area contributed by atoms with Gasteiger partial charge in [0.15, 0.2) is 0 Å². The van der Waals surface area contributed by atoms with Gasteiger partial charge in [-0.3, -0.25) is 0 Å². The number of benzene rings is 1. The van der Waals surface area contributed by atoms with Crippen molar-refractivity contribution in [3.63, 3.8) is 0 Å². The molecule has 2 N–H and O–H groups in total. The van der Waals surface area contributed by atoms with Crippen molar-refractivity contribution < 1.29 is 18.6 Å². The number of hydrogen-bond donors (Lipinski definition) is 2. The summed E-state index contributed by atoms with van der Waals surface area (Å²) in [7, 11) is 1.60. The van der Waals surface area contributed by atoms with Gasteiger partial charge < -0.3 is 15.2 Å². The van der Waals surface area contributed by atoms with Gasteiger partial charge in [-0.2, -0.15) is 0 Å². The van der Waals surface area contributed by atoms with Crippen molar-refractivity contribution >= 4 is 0 Å². The fraction of sp³-hybridized carbons (Fsp3) is 0.500. The Morgan fingerprint density at radius 1 is 1.35 bits per heavy atom. The first-order valence-corrected chi connectivity index (χ1v) is 5.48. The molecule has 17 heavy (non-hydrogen) atoms. The predicted octanol–water partition coefficient (Wildman–Crippen LogP) is 1.62. The summed E-state index contributed by atoms with van der Waals surface area (Å²) in [6.45, 7) is 1.35. The van der Waals surface area contributed by atoms with Crippen LogP contribution in [0.25, 0.3) is 0 Å². The van der Waals surface area contributed by atoms with Gasteiger partial charge >= 0.3 is 0 Å². The average Bonchev–Trinajstić information content (AvgIpc) is 2.28. The van der Waals surface area contributed by atoms with Crippen LogP contribution >= 0.6 is 0 Å². The van der Waals surface area contributed by atoms with Crippen molar-refractivity contribution in [1.29, 1.82) is 0 Å². The van der Waals surface area contributed by atoms with Gasteiger partial charge in [0.1, 0.15) is 11.6 Å². The third kappa shape index (κ3) is 4.38. The number of hydrogen-bond acceptors (Lipinski definition) is 3. The normalized spacial score (nSPS) is 12.7. The van der Waals surface area contributed by atoms with Gasteiger partial charge in [0, 0.05) is 20.3 Å². The molecule has 0 aliphatic heterocycles. The summed E-state index contributed by atoms with van der Waals surface area (Å²) in [5.41, 5.74) is -0.285. The number of halogens is 2. The number of ether oxygens (including phenoxy) is 1. The zero-order valence-corrected chi connectivity index (χ0v) is 9.75. The molecule has 0 aliphatic rings. The smallest absolute Gasteiger partial charge is 0.131 e. The highest BCUT2D eigenvalue weighted by Crippen LogP contribution is 2.19. The van der Waals surface area contributed by atoms with Crippen LogP contribution in [0, 0.1) is 11.6 Å². The van der Waals surface area contributed by atoms with E-state index >= 15 is 0 Å². The minimum absolute atomic E-state index is 0.113. The van der Waals surface area contributed by atoms with Gasteiger partial charge in [-0.15, -0.1) is 0 Å². The maximum Gasteiger partial charge on any atom is 0.131 e. The Hall–Kier alpha value is -1.04. The summed E-state index contributed by atoms with van der Waals surface area (Å²) in [6.07, 6.45) is -0.401. The first-order chi connectivity index (χ1) is 8.16. The molecule has 0 fully saturated rings. The summed E-state index contributed by atoms with van der Waals surface area (Å²) in [4.78, 5) is 0. The fourth-order valence-electron chi connectivity index (χ4n) is 1.51. The van der Waals surface area contributed by atoms with E-state index in [2.05, 4.69) is 5.32 Å². The van der Waals surface area contributed by atoms with Gasteiger partial charge in [-0.05, 0) is 25.1 Å². The predicted molar refractivity (Wildman–Crippen MR) is 60.7 cm³/mol. The molecular formula is C12H17F2NO2. The van der Waals surface area contributed by atoms with Crippen molar-refractivity contribution in [2.24, 2.45) is 0 Å². The summed E-state index contributed by atoms with van der Waals surface area (Å²) in [5.74, 6) is -1.45. The summed E-state index contributed by atoms with van der Waals surface area (Å²) >= 11 is 0. The van der Waals surface area contributed by atoms with Crippen LogP contribution in [0.15, 0.2) is 18.2 Å². The van der Waals surface area contributed by atoms with Crippen LogP contribution in [-0.4, -0.2) is 31.9 Å². The fourth-order valence-corrected chi connectivity index (χ4v) is 1.51. The Morgan fingerprint density at radius 3 is 2.59 bits per heavy atom. The second-order valence-corrected chi connectivity index (χ2v) is 3.70. The lowest BCUT2D eigenvalue weighted by molar-refractivity contribution is 0.160.